The molecule has 0 radical (unpaired) electrons. The van der Waals surface area contributed by atoms with E-state index in [0.29, 0.717) is 11.3 Å². The third kappa shape index (κ3) is 4.87. The number of amides is 1. The predicted octanol–water partition coefficient (Wildman–Crippen LogP) is 3.11. The van der Waals surface area contributed by atoms with Crippen LogP contribution in [0, 0.1) is 10.8 Å². The summed E-state index contributed by atoms with van der Waals surface area (Å²) in [6.45, 7) is 7.38. The first-order chi connectivity index (χ1) is 11.2. The largest absolute Gasteiger partial charge is 0.369 e. The molecule has 6 nitrogen and oxygen atoms in total. The van der Waals surface area contributed by atoms with E-state index in [1.54, 1.807) is 19.1 Å². The normalized spacial score (nSPS) is 13.5. The van der Waals surface area contributed by atoms with Gasteiger partial charge in [0.15, 0.2) is 0 Å². The van der Waals surface area contributed by atoms with Crippen LogP contribution in [0.3, 0.4) is 0 Å². The maximum Gasteiger partial charge on any atom is 0.221 e. The fraction of sp³-hybridized carbons (Fsp3) is 0.333. The highest BCUT2D eigenvalue weighted by molar-refractivity contribution is 5.96. The molecule has 0 fully saturated rings. The van der Waals surface area contributed by atoms with Crippen molar-refractivity contribution in [2.45, 2.75) is 34.1 Å². The number of hydrogen-bond acceptors (Lipinski definition) is 4. The van der Waals surface area contributed by atoms with Crippen molar-refractivity contribution < 1.29 is 4.79 Å². The van der Waals surface area contributed by atoms with Crippen LogP contribution < -0.4 is 5.73 Å². The van der Waals surface area contributed by atoms with Crippen LogP contribution in [-0.2, 0) is 11.8 Å². The van der Waals surface area contributed by atoms with Gasteiger partial charge in [0.25, 0.3) is 0 Å². The first kappa shape index (κ1) is 19.3. The van der Waals surface area contributed by atoms with Gasteiger partial charge < -0.3 is 21.1 Å². The van der Waals surface area contributed by atoms with Gasteiger partial charge in [-0.05, 0) is 44.9 Å². The Labute approximate surface area is 142 Å². The molecule has 1 rings (SSSR count). The van der Waals surface area contributed by atoms with Crippen LogP contribution in [0.4, 0.5) is 0 Å². The second-order valence-electron chi connectivity index (χ2n) is 5.81. The molecule has 6 heteroatoms. The fourth-order valence-corrected chi connectivity index (χ4v) is 2.41. The van der Waals surface area contributed by atoms with Gasteiger partial charge in [-0.25, -0.2) is 4.98 Å². The van der Waals surface area contributed by atoms with Crippen LogP contribution in [0.2, 0.25) is 0 Å². The van der Waals surface area contributed by atoms with Crippen LogP contribution in [0.5, 0.6) is 0 Å². The SMILES string of the molecule is CC(=N)/C=C(\C)c1cn(C)c(/C(C)=C(C=N)/C(C)=C\CC(N)=O)n1. The minimum atomic E-state index is -0.404. The highest BCUT2D eigenvalue weighted by Gasteiger charge is 2.12. The second-order valence-corrected chi connectivity index (χ2v) is 5.81. The van der Waals surface area contributed by atoms with Crippen molar-refractivity contribution in [2.24, 2.45) is 12.8 Å². The van der Waals surface area contributed by atoms with E-state index < -0.39 is 5.91 Å². The average molecular weight is 327 g/mol. The van der Waals surface area contributed by atoms with Gasteiger partial charge in [0, 0.05) is 42.7 Å². The molecule has 24 heavy (non-hydrogen) atoms. The fourth-order valence-electron chi connectivity index (χ4n) is 2.41. The van der Waals surface area contributed by atoms with Crippen LogP contribution in [0.25, 0.3) is 11.1 Å². The number of rotatable bonds is 7. The Morgan fingerprint density at radius 2 is 1.96 bits per heavy atom. The van der Waals surface area contributed by atoms with Crippen molar-refractivity contribution in [3.05, 3.63) is 41.0 Å². The summed E-state index contributed by atoms with van der Waals surface area (Å²) in [6.07, 6.45) is 6.79. The monoisotopic (exact) mass is 327 g/mol. The summed E-state index contributed by atoms with van der Waals surface area (Å²) in [5.41, 5.74) is 9.71. The minimum Gasteiger partial charge on any atom is -0.369 e. The van der Waals surface area contributed by atoms with Crippen molar-refractivity contribution in [3.8, 4) is 0 Å². The van der Waals surface area contributed by atoms with E-state index in [4.69, 9.17) is 16.6 Å². The highest BCUT2D eigenvalue weighted by Crippen LogP contribution is 2.23. The van der Waals surface area contributed by atoms with Crippen LogP contribution >= 0.6 is 0 Å². The van der Waals surface area contributed by atoms with E-state index in [0.717, 1.165) is 28.2 Å². The Kier molecular flexibility index (Phi) is 6.58. The summed E-state index contributed by atoms with van der Waals surface area (Å²) >= 11 is 0. The molecule has 0 aliphatic carbocycles. The number of nitrogens with two attached hydrogens (primary N) is 1. The van der Waals surface area contributed by atoms with Gasteiger partial charge in [-0.2, -0.15) is 0 Å². The summed E-state index contributed by atoms with van der Waals surface area (Å²) in [6, 6.07) is 0. The molecule has 0 saturated heterocycles. The molecule has 0 aliphatic rings. The molecule has 0 unspecified atom stereocenters. The number of hydrogen-bond donors (Lipinski definition) is 3. The van der Waals surface area contributed by atoms with E-state index in [9.17, 15) is 4.79 Å². The Hall–Kier alpha value is -2.76. The molecule has 1 heterocycles. The molecule has 4 N–H and O–H groups in total. The Morgan fingerprint density at radius 3 is 2.46 bits per heavy atom. The summed E-state index contributed by atoms with van der Waals surface area (Å²) in [5.74, 6) is 0.337. The Bertz CT molecular complexity index is 762. The number of carbonyl (C=O) groups excluding carboxylic acids is 1. The average Bonchev–Trinajstić information content (AvgIpc) is 2.87. The van der Waals surface area contributed by atoms with Gasteiger partial charge in [-0.1, -0.05) is 6.08 Å². The van der Waals surface area contributed by atoms with E-state index in [-0.39, 0.29) is 6.42 Å². The second kappa shape index (κ2) is 8.19. The molecule has 0 aliphatic heterocycles. The number of aryl methyl sites for hydroxylation is 1. The smallest absolute Gasteiger partial charge is 0.221 e. The third-order valence-corrected chi connectivity index (χ3v) is 3.63. The summed E-state index contributed by atoms with van der Waals surface area (Å²) in [7, 11) is 1.89. The predicted molar refractivity (Wildman–Crippen MR) is 99.2 cm³/mol. The number of primary amides is 1. The van der Waals surface area contributed by atoms with Crippen LogP contribution in [0.1, 0.15) is 45.6 Å². The van der Waals surface area contributed by atoms with Gasteiger partial charge in [0.2, 0.25) is 5.91 Å². The number of imidazole rings is 1. The van der Waals surface area contributed by atoms with E-state index in [1.807, 2.05) is 38.6 Å². The molecule has 1 aromatic rings. The zero-order valence-corrected chi connectivity index (χ0v) is 14.9. The molecule has 0 bridgehead atoms. The highest BCUT2D eigenvalue weighted by atomic mass is 16.1. The molecule has 128 valence electrons. The number of allylic oxidation sites excluding steroid dienone is 5. The van der Waals surface area contributed by atoms with Crippen molar-refractivity contribution in [2.75, 3.05) is 0 Å². The lowest BCUT2D eigenvalue weighted by atomic mass is 10.0. The Balaban J connectivity index is 3.34. The third-order valence-electron chi connectivity index (χ3n) is 3.63. The quantitative estimate of drug-likeness (QED) is 0.528. The van der Waals surface area contributed by atoms with Gasteiger partial charge in [0.1, 0.15) is 5.82 Å². The lowest BCUT2D eigenvalue weighted by molar-refractivity contribution is -0.117. The summed E-state index contributed by atoms with van der Waals surface area (Å²) in [4.78, 5) is 15.6. The molecule has 0 saturated carbocycles. The number of carbonyl (C=O) groups is 1. The number of nitrogens with one attached hydrogen (secondary N) is 2. The van der Waals surface area contributed by atoms with Crippen molar-refractivity contribution >= 4 is 29.0 Å². The van der Waals surface area contributed by atoms with Crippen LogP contribution in [-0.4, -0.2) is 27.4 Å². The lowest BCUT2D eigenvalue weighted by Crippen LogP contribution is -2.08. The molecular formula is C18H25N5O. The number of nitrogens with zero attached hydrogens (tertiary/aromatic N) is 2. The van der Waals surface area contributed by atoms with Crippen LogP contribution in [0.15, 0.2) is 29.5 Å². The maximum absolute atomic E-state index is 10.9. The van der Waals surface area contributed by atoms with E-state index in [2.05, 4.69) is 4.98 Å². The molecule has 0 aromatic carbocycles. The lowest BCUT2D eigenvalue weighted by Gasteiger charge is -2.08. The zero-order valence-electron chi connectivity index (χ0n) is 14.9. The summed E-state index contributed by atoms with van der Waals surface area (Å²) < 4.78 is 1.89. The number of aromatic nitrogens is 2. The maximum atomic E-state index is 10.9. The van der Waals surface area contributed by atoms with Crippen molar-refractivity contribution in [1.82, 2.24) is 9.55 Å². The van der Waals surface area contributed by atoms with E-state index >= 15 is 0 Å². The molecule has 1 aromatic heterocycles. The Morgan fingerprint density at radius 1 is 1.33 bits per heavy atom. The van der Waals surface area contributed by atoms with Gasteiger partial charge in [0.05, 0.1) is 5.69 Å². The van der Waals surface area contributed by atoms with Gasteiger partial charge in [-0.15, -0.1) is 0 Å². The first-order valence-corrected chi connectivity index (χ1v) is 7.61. The molecule has 0 spiro atoms. The van der Waals surface area contributed by atoms with Crippen molar-refractivity contribution in [1.29, 1.82) is 10.8 Å². The van der Waals surface area contributed by atoms with Gasteiger partial charge in [-0.3, -0.25) is 4.79 Å². The zero-order chi connectivity index (χ0) is 18.4. The molecule has 1 amide bonds. The topological polar surface area (TPSA) is 109 Å². The molecule has 0 atom stereocenters. The first-order valence-electron chi connectivity index (χ1n) is 7.61. The minimum absolute atomic E-state index is 0.142. The summed E-state index contributed by atoms with van der Waals surface area (Å²) in [5, 5.41) is 15.3. The standard InChI is InChI=1S/C18H25N5O/c1-11(6-7-17(21)24)15(9-19)14(4)18-22-16(10-23(18)5)12(2)8-13(3)20/h6,8-10,19-20H,7H2,1-5H3,(H2,21,24)/b11-6-,12-8+,15-14+,19-9?,20-13?. The molecular weight excluding hydrogens is 302 g/mol. The van der Waals surface area contributed by atoms with Gasteiger partial charge >= 0.3 is 0 Å². The van der Waals surface area contributed by atoms with E-state index in [1.165, 1.54) is 6.21 Å². The van der Waals surface area contributed by atoms with Crippen molar-refractivity contribution in [3.63, 3.8) is 0 Å².